The minimum atomic E-state index is -0.196. The Hall–Kier alpha value is -2.95. The predicted molar refractivity (Wildman–Crippen MR) is 107 cm³/mol. The second-order valence-electron chi connectivity index (χ2n) is 7.36. The van der Waals surface area contributed by atoms with Crippen LogP contribution in [0.4, 0.5) is 5.69 Å². The quantitative estimate of drug-likeness (QED) is 0.750. The lowest BCUT2D eigenvalue weighted by Gasteiger charge is -2.11. The average molecular weight is 361 g/mol. The highest BCUT2D eigenvalue weighted by molar-refractivity contribution is 6.06. The van der Waals surface area contributed by atoms with Gasteiger partial charge in [-0.3, -0.25) is 14.2 Å². The molecule has 1 amide bonds. The molecule has 0 saturated carbocycles. The minimum Gasteiger partial charge on any atom is -0.322 e. The van der Waals surface area contributed by atoms with E-state index in [2.05, 4.69) is 11.4 Å². The molecule has 5 heteroatoms. The molecule has 0 bridgehead atoms. The van der Waals surface area contributed by atoms with Crippen molar-refractivity contribution in [1.82, 2.24) is 9.55 Å². The summed E-state index contributed by atoms with van der Waals surface area (Å²) in [7, 11) is 0. The number of aryl methyl sites for hydroxylation is 3. The zero-order chi connectivity index (χ0) is 19.0. The van der Waals surface area contributed by atoms with Gasteiger partial charge in [-0.25, -0.2) is 4.98 Å². The van der Waals surface area contributed by atoms with Gasteiger partial charge in [0.1, 0.15) is 5.82 Å². The number of aromatic nitrogens is 2. The number of carbonyl (C=O) groups is 1. The molecule has 138 valence electrons. The van der Waals surface area contributed by atoms with Gasteiger partial charge in [0.2, 0.25) is 0 Å². The molecule has 1 aromatic heterocycles. The Labute approximate surface area is 158 Å². The summed E-state index contributed by atoms with van der Waals surface area (Å²) in [6, 6.07) is 11.1. The number of hydrogen-bond acceptors (Lipinski definition) is 3. The maximum Gasteiger partial charge on any atom is 0.261 e. The van der Waals surface area contributed by atoms with E-state index in [1.54, 1.807) is 22.8 Å². The molecule has 1 N–H and O–H groups in total. The van der Waals surface area contributed by atoms with Gasteiger partial charge in [-0.05, 0) is 68.1 Å². The van der Waals surface area contributed by atoms with Crippen LogP contribution in [0.25, 0.3) is 10.9 Å². The molecular weight excluding hydrogens is 338 g/mol. The van der Waals surface area contributed by atoms with Crippen molar-refractivity contribution in [3.8, 4) is 0 Å². The van der Waals surface area contributed by atoms with Crippen LogP contribution in [0.2, 0.25) is 0 Å². The standard InChI is InChI=1S/C22H23N3O2/c1-14-10-15(2)12-17(11-14)23-21(26)16-7-8-18-19(13-16)24-20-6-4-3-5-9-25(20)22(18)27/h7-8,10-13H,3-6,9H2,1-2H3,(H,23,26). The molecule has 27 heavy (non-hydrogen) atoms. The molecule has 2 aromatic carbocycles. The van der Waals surface area contributed by atoms with Crippen LogP contribution < -0.4 is 10.9 Å². The Morgan fingerprint density at radius 3 is 2.59 bits per heavy atom. The number of nitrogens with one attached hydrogen (secondary N) is 1. The van der Waals surface area contributed by atoms with E-state index in [1.807, 2.05) is 26.0 Å². The maximum absolute atomic E-state index is 12.8. The fourth-order valence-electron chi connectivity index (χ4n) is 3.81. The number of hydrogen-bond donors (Lipinski definition) is 1. The second-order valence-corrected chi connectivity index (χ2v) is 7.36. The van der Waals surface area contributed by atoms with Gasteiger partial charge in [-0.1, -0.05) is 12.5 Å². The summed E-state index contributed by atoms with van der Waals surface area (Å²) in [5.74, 6) is 0.635. The first kappa shape index (κ1) is 17.5. The first-order valence-corrected chi connectivity index (χ1v) is 9.44. The summed E-state index contributed by atoms with van der Waals surface area (Å²) in [5.41, 5.74) is 4.07. The van der Waals surface area contributed by atoms with Crippen molar-refractivity contribution in [2.75, 3.05) is 5.32 Å². The SMILES string of the molecule is Cc1cc(C)cc(NC(=O)c2ccc3c(=O)n4c(nc3c2)CCCCC4)c1. The van der Waals surface area contributed by atoms with Crippen molar-refractivity contribution in [3.05, 3.63) is 69.3 Å². The molecule has 0 aliphatic carbocycles. The molecule has 3 aromatic rings. The Morgan fingerprint density at radius 2 is 1.81 bits per heavy atom. The summed E-state index contributed by atoms with van der Waals surface area (Å²) in [5, 5.41) is 3.51. The van der Waals surface area contributed by atoms with Crippen LogP contribution in [-0.4, -0.2) is 15.5 Å². The predicted octanol–water partition coefficient (Wildman–Crippen LogP) is 3.99. The highest BCUT2D eigenvalue weighted by Gasteiger charge is 2.15. The van der Waals surface area contributed by atoms with Crippen LogP contribution in [0, 0.1) is 13.8 Å². The van der Waals surface area contributed by atoms with E-state index in [4.69, 9.17) is 4.98 Å². The fourth-order valence-corrected chi connectivity index (χ4v) is 3.81. The largest absolute Gasteiger partial charge is 0.322 e. The van der Waals surface area contributed by atoms with Crippen LogP contribution in [-0.2, 0) is 13.0 Å². The van der Waals surface area contributed by atoms with Crippen LogP contribution in [0.15, 0.2) is 41.2 Å². The smallest absolute Gasteiger partial charge is 0.261 e. The van der Waals surface area contributed by atoms with Crippen LogP contribution in [0.3, 0.4) is 0 Å². The molecule has 0 radical (unpaired) electrons. The third kappa shape index (κ3) is 3.50. The molecule has 1 aliphatic rings. The average Bonchev–Trinajstić information content (AvgIpc) is 2.86. The Morgan fingerprint density at radius 1 is 1.04 bits per heavy atom. The van der Waals surface area contributed by atoms with Gasteiger partial charge in [0.15, 0.2) is 0 Å². The van der Waals surface area contributed by atoms with E-state index in [0.717, 1.165) is 54.9 Å². The van der Waals surface area contributed by atoms with Gasteiger partial charge >= 0.3 is 0 Å². The lowest BCUT2D eigenvalue weighted by Crippen LogP contribution is -2.24. The van der Waals surface area contributed by atoms with Crippen molar-refractivity contribution in [1.29, 1.82) is 0 Å². The van der Waals surface area contributed by atoms with Crippen molar-refractivity contribution in [2.45, 2.75) is 46.1 Å². The normalized spacial score (nSPS) is 13.9. The van der Waals surface area contributed by atoms with Gasteiger partial charge in [-0.2, -0.15) is 0 Å². The Bertz CT molecular complexity index is 1080. The molecule has 0 spiro atoms. The molecule has 1 aliphatic heterocycles. The fraction of sp³-hybridized carbons (Fsp3) is 0.318. The number of fused-ring (bicyclic) bond motifs is 2. The topological polar surface area (TPSA) is 64.0 Å². The number of anilines is 1. The van der Waals surface area contributed by atoms with Crippen molar-refractivity contribution in [2.24, 2.45) is 0 Å². The maximum atomic E-state index is 12.8. The molecule has 4 rings (SSSR count). The van der Waals surface area contributed by atoms with E-state index in [0.29, 0.717) is 16.5 Å². The van der Waals surface area contributed by atoms with E-state index in [9.17, 15) is 9.59 Å². The zero-order valence-corrected chi connectivity index (χ0v) is 15.7. The Balaban J connectivity index is 1.70. The number of nitrogens with zero attached hydrogens (tertiary/aromatic N) is 2. The van der Waals surface area contributed by atoms with E-state index < -0.39 is 0 Å². The summed E-state index contributed by atoms with van der Waals surface area (Å²) < 4.78 is 1.80. The first-order chi connectivity index (χ1) is 13.0. The summed E-state index contributed by atoms with van der Waals surface area (Å²) in [4.78, 5) is 30.2. The van der Waals surface area contributed by atoms with Crippen LogP contribution in [0.1, 0.15) is 46.6 Å². The highest BCUT2D eigenvalue weighted by Crippen LogP contribution is 2.18. The Kier molecular flexibility index (Phi) is 4.52. The monoisotopic (exact) mass is 361 g/mol. The zero-order valence-electron chi connectivity index (χ0n) is 15.7. The van der Waals surface area contributed by atoms with Crippen molar-refractivity contribution >= 4 is 22.5 Å². The number of rotatable bonds is 2. The molecule has 0 fully saturated rings. The van der Waals surface area contributed by atoms with E-state index in [1.165, 1.54) is 0 Å². The van der Waals surface area contributed by atoms with Gasteiger partial charge in [0.05, 0.1) is 10.9 Å². The van der Waals surface area contributed by atoms with E-state index in [-0.39, 0.29) is 11.5 Å². The number of carbonyl (C=O) groups excluding carboxylic acids is 1. The molecule has 0 saturated heterocycles. The van der Waals surface area contributed by atoms with Crippen molar-refractivity contribution in [3.63, 3.8) is 0 Å². The number of amides is 1. The van der Waals surface area contributed by atoms with Crippen molar-refractivity contribution < 1.29 is 4.79 Å². The molecular formula is C22H23N3O2. The molecule has 5 nitrogen and oxygen atoms in total. The number of benzene rings is 2. The van der Waals surface area contributed by atoms with Crippen LogP contribution >= 0.6 is 0 Å². The first-order valence-electron chi connectivity index (χ1n) is 9.44. The third-order valence-corrected chi connectivity index (χ3v) is 5.06. The lowest BCUT2D eigenvalue weighted by atomic mass is 10.1. The minimum absolute atomic E-state index is 0.00170. The van der Waals surface area contributed by atoms with Gasteiger partial charge in [0.25, 0.3) is 11.5 Å². The summed E-state index contributed by atoms with van der Waals surface area (Å²) in [6.07, 6.45) is 3.98. The second kappa shape index (κ2) is 6.99. The highest BCUT2D eigenvalue weighted by atomic mass is 16.1. The molecule has 0 unspecified atom stereocenters. The molecule has 0 atom stereocenters. The van der Waals surface area contributed by atoms with Gasteiger partial charge < -0.3 is 5.32 Å². The molecule has 2 heterocycles. The third-order valence-electron chi connectivity index (χ3n) is 5.06. The van der Waals surface area contributed by atoms with E-state index >= 15 is 0 Å². The summed E-state index contributed by atoms with van der Waals surface area (Å²) >= 11 is 0. The van der Waals surface area contributed by atoms with Gasteiger partial charge in [0, 0.05) is 24.2 Å². The van der Waals surface area contributed by atoms with Crippen LogP contribution in [0.5, 0.6) is 0 Å². The lowest BCUT2D eigenvalue weighted by molar-refractivity contribution is 0.102. The summed E-state index contributed by atoms with van der Waals surface area (Å²) in [6.45, 7) is 4.73. The van der Waals surface area contributed by atoms with Gasteiger partial charge in [-0.15, -0.1) is 0 Å².